The van der Waals surface area contributed by atoms with Crippen molar-refractivity contribution in [3.05, 3.63) is 41.7 Å². The second-order valence-corrected chi connectivity index (χ2v) is 6.57. The highest BCUT2D eigenvalue weighted by atomic mass is 35.5. The second-order valence-electron chi connectivity index (χ2n) is 6.57. The van der Waals surface area contributed by atoms with E-state index in [0.29, 0.717) is 12.3 Å². The molecule has 1 fully saturated rings. The third kappa shape index (κ3) is 4.83. The van der Waals surface area contributed by atoms with Crippen LogP contribution in [0.2, 0.25) is 0 Å². The van der Waals surface area contributed by atoms with Crippen LogP contribution in [0.3, 0.4) is 0 Å². The Bertz CT molecular complexity index is 693. The standard InChI is InChI=1S/C19H26N4O.ClH/c1-14-19(15(2)23(22-14)17-6-4-3-5-7-17)21-18(24)9-8-16-10-12-20-13-11-16;/h3-7,16,20H,8-13H2,1-2H3,(H,21,24);1H. The van der Waals surface area contributed by atoms with Gasteiger partial charge in [0.1, 0.15) is 0 Å². The van der Waals surface area contributed by atoms with Gasteiger partial charge in [-0.2, -0.15) is 5.10 Å². The molecule has 1 saturated heterocycles. The van der Waals surface area contributed by atoms with Gasteiger partial charge in [-0.3, -0.25) is 4.79 Å². The summed E-state index contributed by atoms with van der Waals surface area (Å²) in [5.41, 5.74) is 3.67. The fourth-order valence-corrected chi connectivity index (χ4v) is 3.35. The van der Waals surface area contributed by atoms with Crippen LogP contribution in [-0.4, -0.2) is 28.8 Å². The van der Waals surface area contributed by atoms with Crippen LogP contribution in [0.4, 0.5) is 5.69 Å². The third-order valence-corrected chi connectivity index (χ3v) is 4.79. The van der Waals surface area contributed by atoms with Crippen LogP contribution < -0.4 is 10.6 Å². The number of anilines is 1. The smallest absolute Gasteiger partial charge is 0.224 e. The van der Waals surface area contributed by atoms with Gasteiger partial charge in [-0.25, -0.2) is 4.68 Å². The highest BCUT2D eigenvalue weighted by molar-refractivity contribution is 5.92. The number of amides is 1. The Labute approximate surface area is 155 Å². The number of piperidine rings is 1. The molecule has 2 N–H and O–H groups in total. The number of hydrogen-bond donors (Lipinski definition) is 2. The van der Waals surface area contributed by atoms with E-state index in [4.69, 9.17) is 0 Å². The van der Waals surface area contributed by atoms with E-state index >= 15 is 0 Å². The van der Waals surface area contributed by atoms with Gasteiger partial charge < -0.3 is 10.6 Å². The first-order valence-corrected chi connectivity index (χ1v) is 8.77. The predicted octanol–water partition coefficient (Wildman–Crippen LogP) is 3.63. The van der Waals surface area contributed by atoms with Gasteiger partial charge in [-0.1, -0.05) is 18.2 Å². The Morgan fingerprint density at radius 3 is 2.60 bits per heavy atom. The Morgan fingerprint density at radius 1 is 1.24 bits per heavy atom. The van der Waals surface area contributed by atoms with Gasteiger partial charge in [0.15, 0.2) is 0 Å². The molecule has 2 heterocycles. The minimum Gasteiger partial charge on any atom is -0.323 e. The molecule has 136 valence electrons. The molecule has 2 aromatic rings. The molecule has 0 unspecified atom stereocenters. The van der Waals surface area contributed by atoms with Crippen molar-refractivity contribution in [1.29, 1.82) is 0 Å². The average molecular weight is 363 g/mol. The first kappa shape index (κ1) is 19.5. The lowest BCUT2D eigenvalue weighted by Crippen LogP contribution is -2.28. The lowest BCUT2D eigenvalue weighted by atomic mass is 9.93. The minimum absolute atomic E-state index is 0. The number of benzene rings is 1. The monoisotopic (exact) mass is 362 g/mol. The SMILES string of the molecule is Cc1nn(-c2ccccc2)c(C)c1NC(=O)CCC1CCNCC1.Cl. The number of aryl methyl sites for hydroxylation is 1. The summed E-state index contributed by atoms with van der Waals surface area (Å²) in [4.78, 5) is 12.3. The van der Waals surface area contributed by atoms with Crippen LogP contribution in [0.15, 0.2) is 30.3 Å². The van der Waals surface area contributed by atoms with Crippen LogP contribution in [-0.2, 0) is 4.79 Å². The summed E-state index contributed by atoms with van der Waals surface area (Å²) in [5, 5.41) is 11.0. The molecule has 25 heavy (non-hydrogen) atoms. The van der Waals surface area contributed by atoms with Gasteiger partial charge >= 0.3 is 0 Å². The molecule has 1 aliphatic heterocycles. The number of carbonyl (C=O) groups is 1. The normalized spacial score (nSPS) is 14.8. The molecule has 1 aromatic heterocycles. The van der Waals surface area contributed by atoms with E-state index in [2.05, 4.69) is 15.7 Å². The van der Waals surface area contributed by atoms with Crippen molar-refractivity contribution in [2.45, 2.75) is 39.5 Å². The number of nitrogens with one attached hydrogen (secondary N) is 2. The highest BCUT2D eigenvalue weighted by Gasteiger charge is 2.17. The molecule has 0 saturated carbocycles. The van der Waals surface area contributed by atoms with E-state index < -0.39 is 0 Å². The molecular formula is C19H27ClN4O. The summed E-state index contributed by atoms with van der Waals surface area (Å²) in [6, 6.07) is 10.00. The Kier molecular flexibility index (Phi) is 7.02. The topological polar surface area (TPSA) is 59.0 Å². The van der Waals surface area contributed by atoms with Crippen LogP contribution >= 0.6 is 12.4 Å². The van der Waals surface area contributed by atoms with Gasteiger partial charge in [-0.05, 0) is 64.3 Å². The van der Waals surface area contributed by atoms with E-state index in [1.54, 1.807) is 0 Å². The molecular weight excluding hydrogens is 336 g/mol. The Balaban J connectivity index is 0.00000225. The predicted molar refractivity (Wildman–Crippen MR) is 104 cm³/mol. The number of hydrogen-bond acceptors (Lipinski definition) is 3. The number of para-hydroxylation sites is 1. The van der Waals surface area contributed by atoms with Crippen LogP contribution in [0.5, 0.6) is 0 Å². The Morgan fingerprint density at radius 2 is 1.92 bits per heavy atom. The zero-order valence-electron chi connectivity index (χ0n) is 14.9. The molecule has 6 heteroatoms. The summed E-state index contributed by atoms with van der Waals surface area (Å²) in [5.74, 6) is 0.763. The fourth-order valence-electron chi connectivity index (χ4n) is 3.35. The van der Waals surface area contributed by atoms with Crippen molar-refractivity contribution in [3.63, 3.8) is 0 Å². The lowest BCUT2D eigenvalue weighted by Gasteiger charge is -2.22. The van der Waals surface area contributed by atoms with Gasteiger partial charge in [0, 0.05) is 6.42 Å². The first-order valence-electron chi connectivity index (χ1n) is 8.77. The van der Waals surface area contributed by atoms with Gasteiger partial charge in [0.05, 0.1) is 22.8 Å². The molecule has 0 bridgehead atoms. The van der Waals surface area contributed by atoms with Crippen LogP contribution in [0.25, 0.3) is 5.69 Å². The van der Waals surface area contributed by atoms with Gasteiger partial charge in [0.2, 0.25) is 5.91 Å². The van der Waals surface area contributed by atoms with E-state index in [1.807, 2.05) is 48.9 Å². The zero-order valence-corrected chi connectivity index (χ0v) is 15.7. The number of aromatic nitrogens is 2. The molecule has 0 atom stereocenters. The molecule has 3 rings (SSSR count). The number of rotatable bonds is 5. The first-order chi connectivity index (χ1) is 11.6. The lowest BCUT2D eigenvalue weighted by molar-refractivity contribution is -0.116. The van der Waals surface area contributed by atoms with Crippen molar-refractivity contribution in [3.8, 4) is 5.69 Å². The molecule has 1 amide bonds. The largest absolute Gasteiger partial charge is 0.323 e. The Hall–Kier alpha value is -1.85. The van der Waals surface area contributed by atoms with Crippen molar-refractivity contribution in [2.75, 3.05) is 18.4 Å². The fraction of sp³-hybridized carbons (Fsp3) is 0.474. The molecule has 1 aliphatic rings. The number of halogens is 1. The van der Waals surface area contributed by atoms with E-state index in [1.165, 1.54) is 12.8 Å². The molecule has 5 nitrogen and oxygen atoms in total. The van der Waals surface area contributed by atoms with Gasteiger partial charge in [0.25, 0.3) is 0 Å². The van der Waals surface area contributed by atoms with Crippen molar-refractivity contribution in [2.24, 2.45) is 5.92 Å². The van der Waals surface area contributed by atoms with Gasteiger partial charge in [-0.15, -0.1) is 12.4 Å². The number of nitrogens with zero attached hydrogens (tertiary/aromatic N) is 2. The van der Waals surface area contributed by atoms with Crippen molar-refractivity contribution >= 4 is 24.0 Å². The number of carbonyl (C=O) groups excluding carboxylic acids is 1. The van der Waals surface area contributed by atoms with Crippen molar-refractivity contribution in [1.82, 2.24) is 15.1 Å². The summed E-state index contributed by atoms with van der Waals surface area (Å²) in [7, 11) is 0. The van der Waals surface area contributed by atoms with E-state index in [-0.39, 0.29) is 18.3 Å². The summed E-state index contributed by atoms with van der Waals surface area (Å²) < 4.78 is 1.89. The molecule has 0 spiro atoms. The van der Waals surface area contributed by atoms with Crippen molar-refractivity contribution < 1.29 is 4.79 Å². The quantitative estimate of drug-likeness (QED) is 0.853. The maximum absolute atomic E-state index is 12.3. The van der Waals surface area contributed by atoms with Crippen LogP contribution in [0, 0.1) is 19.8 Å². The average Bonchev–Trinajstić information content (AvgIpc) is 2.90. The van der Waals surface area contributed by atoms with E-state index in [0.717, 1.165) is 42.3 Å². The molecule has 0 aliphatic carbocycles. The maximum Gasteiger partial charge on any atom is 0.224 e. The summed E-state index contributed by atoms with van der Waals surface area (Å²) in [6.07, 6.45) is 3.91. The summed E-state index contributed by atoms with van der Waals surface area (Å²) >= 11 is 0. The summed E-state index contributed by atoms with van der Waals surface area (Å²) in [6.45, 7) is 6.09. The third-order valence-electron chi connectivity index (χ3n) is 4.79. The molecule has 0 radical (unpaired) electrons. The van der Waals surface area contributed by atoms with Crippen LogP contribution in [0.1, 0.15) is 37.1 Å². The molecule has 1 aromatic carbocycles. The maximum atomic E-state index is 12.3. The second kappa shape index (κ2) is 9.02. The van der Waals surface area contributed by atoms with E-state index in [9.17, 15) is 4.79 Å². The highest BCUT2D eigenvalue weighted by Crippen LogP contribution is 2.24. The minimum atomic E-state index is 0. The zero-order chi connectivity index (χ0) is 16.9.